The van der Waals surface area contributed by atoms with Gasteiger partial charge in [0, 0.05) is 13.1 Å². The largest absolute Gasteiger partial charge is 0.313 e. The highest BCUT2D eigenvalue weighted by Gasteiger charge is 2.19. The molecule has 0 spiro atoms. The molecule has 0 radical (unpaired) electrons. The van der Waals surface area contributed by atoms with Crippen LogP contribution in [-0.4, -0.2) is 28.1 Å². The fourth-order valence-corrected chi connectivity index (χ4v) is 3.43. The van der Waals surface area contributed by atoms with Crippen molar-refractivity contribution in [3.05, 3.63) is 40.4 Å². The maximum absolute atomic E-state index is 12.2. The summed E-state index contributed by atoms with van der Waals surface area (Å²) in [5.41, 5.74) is 1.30. The van der Waals surface area contributed by atoms with E-state index in [2.05, 4.69) is 10.0 Å². The number of nitriles is 1. The predicted molar refractivity (Wildman–Crippen MR) is 76.9 cm³/mol. The molecule has 2 rings (SSSR count). The molecule has 1 heterocycles. The summed E-state index contributed by atoms with van der Waals surface area (Å²) in [4.78, 5) is -0.0623. The van der Waals surface area contributed by atoms with Gasteiger partial charge in [-0.3, -0.25) is 0 Å². The van der Waals surface area contributed by atoms with E-state index >= 15 is 0 Å². The summed E-state index contributed by atoms with van der Waals surface area (Å²) in [7, 11) is -3.72. The first kappa shape index (κ1) is 15.0. The Morgan fingerprint density at radius 2 is 2.25 bits per heavy atom. The zero-order valence-corrected chi connectivity index (χ0v) is 12.3. The average Bonchev–Trinajstić information content (AvgIpc) is 2.47. The van der Waals surface area contributed by atoms with E-state index < -0.39 is 10.0 Å². The van der Waals surface area contributed by atoms with Gasteiger partial charge in [0.05, 0.1) is 16.7 Å². The Morgan fingerprint density at radius 3 is 2.90 bits per heavy atom. The Balaban J connectivity index is 2.18. The minimum atomic E-state index is -3.72. The first-order valence-electron chi connectivity index (χ1n) is 6.11. The molecule has 1 aliphatic heterocycles. The molecule has 0 saturated heterocycles. The molecule has 1 aromatic rings. The maximum atomic E-state index is 12.2. The van der Waals surface area contributed by atoms with Crippen LogP contribution in [0.4, 0.5) is 0 Å². The number of halogens is 1. The smallest absolute Gasteiger partial charge is 0.242 e. The van der Waals surface area contributed by atoms with Crippen LogP contribution in [0.3, 0.4) is 0 Å². The number of nitrogens with zero attached hydrogens (tertiary/aromatic N) is 1. The molecule has 0 aliphatic carbocycles. The van der Waals surface area contributed by atoms with E-state index in [-0.39, 0.29) is 22.0 Å². The number of rotatable bonds is 4. The van der Waals surface area contributed by atoms with Crippen molar-refractivity contribution in [2.75, 3.05) is 19.6 Å². The van der Waals surface area contributed by atoms with Crippen LogP contribution in [0, 0.1) is 11.3 Å². The van der Waals surface area contributed by atoms with E-state index in [1.54, 1.807) is 0 Å². The normalized spacial score (nSPS) is 15.5. The van der Waals surface area contributed by atoms with Crippen LogP contribution >= 0.6 is 11.6 Å². The van der Waals surface area contributed by atoms with Crippen molar-refractivity contribution < 1.29 is 8.42 Å². The van der Waals surface area contributed by atoms with Gasteiger partial charge in [0.25, 0.3) is 0 Å². The monoisotopic (exact) mass is 311 g/mol. The Morgan fingerprint density at radius 1 is 1.45 bits per heavy atom. The summed E-state index contributed by atoms with van der Waals surface area (Å²) < 4.78 is 27.0. The summed E-state index contributed by atoms with van der Waals surface area (Å²) >= 11 is 5.91. The van der Waals surface area contributed by atoms with Gasteiger partial charge < -0.3 is 5.32 Å². The summed E-state index contributed by atoms with van der Waals surface area (Å²) in [5.74, 6) is 0. The first-order chi connectivity index (χ1) is 9.53. The number of sulfonamides is 1. The topological polar surface area (TPSA) is 82.0 Å². The van der Waals surface area contributed by atoms with Crippen LogP contribution in [0.15, 0.2) is 34.7 Å². The van der Waals surface area contributed by atoms with Gasteiger partial charge in [0.15, 0.2) is 0 Å². The minimum Gasteiger partial charge on any atom is -0.313 e. The van der Waals surface area contributed by atoms with E-state index in [0.29, 0.717) is 0 Å². The van der Waals surface area contributed by atoms with Gasteiger partial charge in [-0.05, 0) is 31.2 Å². The van der Waals surface area contributed by atoms with Crippen LogP contribution < -0.4 is 10.0 Å². The lowest BCUT2D eigenvalue weighted by Gasteiger charge is -2.15. The van der Waals surface area contributed by atoms with Crippen molar-refractivity contribution in [3.63, 3.8) is 0 Å². The highest BCUT2D eigenvalue weighted by molar-refractivity contribution is 7.89. The molecule has 0 bridgehead atoms. The molecule has 20 heavy (non-hydrogen) atoms. The third-order valence-electron chi connectivity index (χ3n) is 3.00. The maximum Gasteiger partial charge on any atom is 0.242 e. The molecule has 0 unspecified atom stereocenters. The van der Waals surface area contributed by atoms with Crippen molar-refractivity contribution in [3.8, 4) is 6.07 Å². The van der Waals surface area contributed by atoms with Gasteiger partial charge in [-0.25, -0.2) is 13.1 Å². The molecule has 1 aliphatic rings. The van der Waals surface area contributed by atoms with Crippen LogP contribution in [0.2, 0.25) is 5.02 Å². The Bertz CT molecular complexity index is 677. The Kier molecular flexibility index (Phi) is 4.78. The first-order valence-corrected chi connectivity index (χ1v) is 7.97. The molecular weight excluding hydrogens is 298 g/mol. The second-order valence-electron chi connectivity index (χ2n) is 4.40. The molecule has 2 N–H and O–H groups in total. The third-order valence-corrected chi connectivity index (χ3v) is 4.88. The van der Waals surface area contributed by atoms with Gasteiger partial charge in [-0.15, -0.1) is 0 Å². The van der Waals surface area contributed by atoms with Crippen LogP contribution in [0.25, 0.3) is 0 Å². The highest BCUT2D eigenvalue weighted by atomic mass is 35.5. The summed E-state index contributed by atoms with van der Waals surface area (Å²) in [6.45, 7) is 1.86. The summed E-state index contributed by atoms with van der Waals surface area (Å²) in [5, 5.41) is 12.1. The highest BCUT2D eigenvalue weighted by Crippen LogP contribution is 2.22. The van der Waals surface area contributed by atoms with E-state index in [9.17, 15) is 8.42 Å². The molecule has 106 valence electrons. The Hall–Kier alpha value is -1.39. The molecular formula is C13H14ClN3O2S. The number of hydrogen-bond acceptors (Lipinski definition) is 4. The van der Waals surface area contributed by atoms with Crippen molar-refractivity contribution in [1.82, 2.24) is 10.0 Å². The molecule has 5 nitrogen and oxygen atoms in total. The number of benzene rings is 1. The lowest BCUT2D eigenvalue weighted by molar-refractivity contribution is 0.582. The fraction of sp³-hybridized carbons (Fsp3) is 0.308. The number of nitrogens with one attached hydrogen (secondary N) is 2. The third kappa shape index (κ3) is 3.58. The average molecular weight is 312 g/mol. The zero-order chi connectivity index (χ0) is 14.6. The van der Waals surface area contributed by atoms with Crippen molar-refractivity contribution in [1.29, 1.82) is 5.26 Å². The van der Waals surface area contributed by atoms with Crippen molar-refractivity contribution >= 4 is 21.6 Å². The van der Waals surface area contributed by atoms with Gasteiger partial charge in [-0.2, -0.15) is 5.26 Å². The minimum absolute atomic E-state index is 0.0623. The SMILES string of the molecule is N#Cc1ccc(Cl)c(S(=O)(=O)NCC2=CCNCC2)c1. The molecule has 0 fully saturated rings. The molecule has 1 aromatic carbocycles. The predicted octanol–water partition coefficient (Wildman–Crippen LogP) is 1.41. The molecule has 7 heteroatoms. The quantitative estimate of drug-likeness (QED) is 0.824. The molecule has 0 atom stereocenters. The van der Waals surface area contributed by atoms with E-state index in [1.807, 2.05) is 12.1 Å². The van der Waals surface area contributed by atoms with Crippen LogP contribution in [0.5, 0.6) is 0 Å². The van der Waals surface area contributed by atoms with Gasteiger partial charge >= 0.3 is 0 Å². The Labute approximate surface area is 123 Å². The van der Waals surface area contributed by atoms with Gasteiger partial charge in [-0.1, -0.05) is 23.3 Å². The molecule has 0 saturated carbocycles. The van der Waals surface area contributed by atoms with E-state index in [1.165, 1.54) is 18.2 Å². The van der Waals surface area contributed by atoms with Crippen molar-refractivity contribution in [2.45, 2.75) is 11.3 Å². The van der Waals surface area contributed by atoms with E-state index in [4.69, 9.17) is 16.9 Å². The fourth-order valence-electron chi connectivity index (χ4n) is 1.87. The summed E-state index contributed by atoms with van der Waals surface area (Å²) in [6, 6.07) is 6.08. The lowest BCUT2D eigenvalue weighted by atomic mass is 10.1. The van der Waals surface area contributed by atoms with Crippen molar-refractivity contribution in [2.24, 2.45) is 0 Å². The molecule has 0 amide bonds. The lowest BCUT2D eigenvalue weighted by Crippen LogP contribution is -2.29. The standard InChI is InChI=1S/C13H14ClN3O2S/c14-12-2-1-11(8-15)7-13(12)20(18,19)17-9-10-3-5-16-6-4-10/h1-3,7,16-17H,4-6,9H2. The van der Waals surface area contributed by atoms with Crippen LogP contribution in [-0.2, 0) is 10.0 Å². The number of hydrogen-bond donors (Lipinski definition) is 2. The van der Waals surface area contributed by atoms with Crippen LogP contribution in [0.1, 0.15) is 12.0 Å². The zero-order valence-electron chi connectivity index (χ0n) is 10.7. The molecule has 0 aromatic heterocycles. The van der Waals surface area contributed by atoms with Gasteiger partial charge in [0.2, 0.25) is 10.0 Å². The second kappa shape index (κ2) is 6.37. The second-order valence-corrected chi connectivity index (χ2v) is 6.54. The van der Waals surface area contributed by atoms with E-state index in [0.717, 1.165) is 25.1 Å². The van der Waals surface area contributed by atoms with Gasteiger partial charge in [0.1, 0.15) is 4.90 Å². The summed E-state index contributed by atoms with van der Waals surface area (Å²) in [6.07, 6.45) is 2.79.